The van der Waals surface area contributed by atoms with Crippen molar-refractivity contribution in [2.24, 2.45) is 5.41 Å². The van der Waals surface area contributed by atoms with Gasteiger partial charge in [0.2, 0.25) is 5.91 Å². The van der Waals surface area contributed by atoms with E-state index in [1.165, 1.54) is 5.56 Å². The molecule has 0 spiro atoms. The molecule has 1 aromatic carbocycles. The van der Waals surface area contributed by atoms with E-state index in [9.17, 15) is 4.79 Å². The number of carbonyl (C=O) groups excluding carboxylic acids is 1. The molecule has 0 fully saturated rings. The zero-order valence-corrected chi connectivity index (χ0v) is 16.8. The Kier molecular flexibility index (Phi) is 5.10. The number of pyridine rings is 1. The predicted octanol–water partition coefficient (Wildman–Crippen LogP) is 5.39. The van der Waals surface area contributed by atoms with Crippen LogP contribution < -0.4 is 4.90 Å². The third-order valence-corrected chi connectivity index (χ3v) is 5.27. The van der Waals surface area contributed by atoms with Crippen molar-refractivity contribution in [2.45, 2.75) is 47.1 Å². The Morgan fingerprint density at radius 3 is 2.54 bits per heavy atom. The third kappa shape index (κ3) is 3.78. The number of amides is 1. The summed E-state index contributed by atoms with van der Waals surface area (Å²) in [6, 6.07) is 12.0. The Labute approximate surface area is 158 Å². The Morgan fingerprint density at radius 1 is 1.15 bits per heavy atom. The number of thiazole rings is 1. The van der Waals surface area contributed by atoms with Gasteiger partial charge in [0.25, 0.3) is 0 Å². The molecule has 0 aliphatic rings. The average Bonchev–Trinajstić information content (AvgIpc) is 3.02. The fourth-order valence-electron chi connectivity index (χ4n) is 2.82. The highest BCUT2D eigenvalue weighted by Gasteiger charge is 2.30. The Morgan fingerprint density at radius 2 is 1.92 bits per heavy atom. The van der Waals surface area contributed by atoms with Gasteiger partial charge in [0, 0.05) is 11.6 Å². The van der Waals surface area contributed by atoms with Crippen LogP contribution in [0, 0.1) is 5.41 Å². The van der Waals surface area contributed by atoms with Gasteiger partial charge in [0.15, 0.2) is 5.13 Å². The van der Waals surface area contributed by atoms with E-state index in [-0.39, 0.29) is 5.91 Å². The summed E-state index contributed by atoms with van der Waals surface area (Å²) in [5.41, 5.74) is 2.57. The molecule has 3 aromatic rings. The highest BCUT2D eigenvalue weighted by atomic mass is 32.1. The minimum absolute atomic E-state index is 0.0494. The van der Waals surface area contributed by atoms with Gasteiger partial charge in [-0.2, -0.15) is 0 Å². The standard InChI is InChI=1S/C21H25N3OS/c1-14(2)16-10-8-11-17-18(16)23-20(26-17)24(19(25)21(3,4)5)13-15-9-6-7-12-22-15/h6-12,14H,13H2,1-5H3. The topological polar surface area (TPSA) is 46.1 Å². The number of fused-ring (bicyclic) bond motifs is 1. The van der Waals surface area contributed by atoms with Gasteiger partial charge in [-0.1, -0.05) is 64.2 Å². The lowest BCUT2D eigenvalue weighted by atomic mass is 9.95. The van der Waals surface area contributed by atoms with Gasteiger partial charge in [-0.15, -0.1) is 0 Å². The van der Waals surface area contributed by atoms with Gasteiger partial charge < -0.3 is 0 Å². The molecule has 4 nitrogen and oxygen atoms in total. The summed E-state index contributed by atoms with van der Waals surface area (Å²) in [5.74, 6) is 0.435. The summed E-state index contributed by atoms with van der Waals surface area (Å²) in [6.07, 6.45) is 1.75. The van der Waals surface area contributed by atoms with E-state index >= 15 is 0 Å². The van der Waals surface area contributed by atoms with Crippen LogP contribution >= 0.6 is 11.3 Å². The molecule has 0 unspecified atom stereocenters. The van der Waals surface area contributed by atoms with Crippen LogP contribution in [0.25, 0.3) is 10.2 Å². The van der Waals surface area contributed by atoms with Gasteiger partial charge in [-0.25, -0.2) is 4.98 Å². The van der Waals surface area contributed by atoms with Crippen LogP contribution in [0.2, 0.25) is 0 Å². The number of benzene rings is 1. The smallest absolute Gasteiger partial charge is 0.234 e. The predicted molar refractivity (Wildman–Crippen MR) is 109 cm³/mol. The molecular formula is C21H25N3OS. The van der Waals surface area contributed by atoms with Crippen molar-refractivity contribution in [1.82, 2.24) is 9.97 Å². The number of carbonyl (C=O) groups is 1. The van der Waals surface area contributed by atoms with Crippen molar-refractivity contribution in [2.75, 3.05) is 4.90 Å². The molecule has 3 rings (SSSR count). The van der Waals surface area contributed by atoms with Crippen LogP contribution in [0.1, 0.15) is 51.8 Å². The molecular weight excluding hydrogens is 342 g/mol. The van der Waals surface area contributed by atoms with E-state index in [2.05, 4.69) is 37.0 Å². The number of nitrogens with zero attached hydrogens (tertiary/aromatic N) is 3. The minimum Gasteiger partial charge on any atom is -0.282 e. The van der Waals surface area contributed by atoms with Crippen LogP contribution in [0.15, 0.2) is 42.6 Å². The first-order chi connectivity index (χ1) is 12.3. The molecule has 136 valence electrons. The Balaban J connectivity index is 2.08. The van der Waals surface area contributed by atoms with E-state index in [0.717, 1.165) is 21.0 Å². The summed E-state index contributed by atoms with van der Waals surface area (Å²) >= 11 is 1.57. The minimum atomic E-state index is -0.493. The highest BCUT2D eigenvalue weighted by Crippen LogP contribution is 2.35. The first-order valence-electron chi connectivity index (χ1n) is 8.88. The molecule has 2 aromatic heterocycles. The molecule has 0 saturated carbocycles. The molecule has 0 bridgehead atoms. The second-order valence-corrected chi connectivity index (χ2v) is 8.82. The van der Waals surface area contributed by atoms with Crippen molar-refractivity contribution < 1.29 is 4.79 Å². The third-order valence-electron chi connectivity index (χ3n) is 4.22. The zero-order valence-electron chi connectivity index (χ0n) is 16.0. The fraction of sp³-hybridized carbons (Fsp3) is 0.381. The maximum Gasteiger partial charge on any atom is 0.234 e. The molecule has 0 aliphatic carbocycles. The molecule has 0 N–H and O–H groups in total. The van der Waals surface area contributed by atoms with Gasteiger partial charge in [-0.05, 0) is 29.7 Å². The average molecular weight is 368 g/mol. The summed E-state index contributed by atoms with van der Waals surface area (Å²) < 4.78 is 1.11. The first kappa shape index (κ1) is 18.5. The van der Waals surface area contributed by atoms with E-state index in [1.54, 1.807) is 22.4 Å². The maximum atomic E-state index is 13.1. The summed E-state index contributed by atoms with van der Waals surface area (Å²) in [4.78, 5) is 24.2. The molecule has 0 aliphatic heterocycles. The normalized spacial score (nSPS) is 11.9. The molecule has 0 saturated heterocycles. The van der Waals surface area contributed by atoms with Crippen molar-refractivity contribution >= 4 is 32.6 Å². The quantitative estimate of drug-likeness (QED) is 0.621. The van der Waals surface area contributed by atoms with Gasteiger partial charge in [0.05, 0.1) is 22.5 Å². The molecule has 0 atom stereocenters. The second kappa shape index (κ2) is 7.16. The Hall–Kier alpha value is -2.27. The number of aromatic nitrogens is 2. The van der Waals surface area contributed by atoms with E-state index in [1.807, 2.05) is 39.0 Å². The van der Waals surface area contributed by atoms with Crippen LogP contribution in [-0.2, 0) is 11.3 Å². The Bertz CT molecular complexity index is 910. The number of anilines is 1. The second-order valence-electron chi connectivity index (χ2n) is 7.81. The lowest BCUT2D eigenvalue weighted by Gasteiger charge is -2.27. The number of para-hydroxylation sites is 1. The monoisotopic (exact) mass is 367 g/mol. The summed E-state index contributed by atoms with van der Waals surface area (Å²) in [6.45, 7) is 10.6. The van der Waals surface area contributed by atoms with Crippen molar-refractivity contribution in [3.05, 3.63) is 53.9 Å². The van der Waals surface area contributed by atoms with E-state index in [4.69, 9.17) is 4.98 Å². The molecule has 2 heterocycles. The number of hydrogen-bond acceptors (Lipinski definition) is 4. The van der Waals surface area contributed by atoms with Gasteiger partial charge >= 0.3 is 0 Å². The van der Waals surface area contributed by atoms with Crippen molar-refractivity contribution in [3.63, 3.8) is 0 Å². The number of hydrogen-bond donors (Lipinski definition) is 0. The van der Waals surface area contributed by atoms with Crippen molar-refractivity contribution in [3.8, 4) is 0 Å². The largest absolute Gasteiger partial charge is 0.282 e. The van der Waals surface area contributed by atoms with Gasteiger partial charge in [-0.3, -0.25) is 14.7 Å². The van der Waals surface area contributed by atoms with E-state index in [0.29, 0.717) is 12.5 Å². The maximum absolute atomic E-state index is 13.1. The van der Waals surface area contributed by atoms with Crippen LogP contribution in [-0.4, -0.2) is 15.9 Å². The highest BCUT2D eigenvalue weighted by molar-refractivity contribution is 7.22. The summed E-state index contributed by atoms with van der Waals surface area (Å²) in [7, 11) is 0. The van der Waals surface area contributed by atoms with E-state index < -0.39 is 5.41 Å². The molecule has 5 heteroatoms. The SMILES string of the molecule is CC(C)c1cccc2sc(N(Cc3ccccn3)C(=O)C(C)(C)C)nc12. The molecule has 1 amide bonds. The lowest BCUT2D eigenvalue weighted by molar-refractivity contribution is -0.125. The van der Waals surface area contributed by atoms with Crippen molar-refractivity contribution in [1.29, 1.82) is 0 Å². The zero-order chi connectivity index (χ0) is 18.9. The lowest BCUT2D eigenvalue weighted by Crippen LogP contribution is -2.39. The fourth-order valence-corrected chi connectivity index (χ4v) is 3.82. The summed E-state index contributed by atoms with van der Waals surface area (Å²) in [5, 5.41) is 0.735. The molecule has 26 heavy (non-hydrogen) atoms. The first-order valence-corrected chi connectivity index (χ1v) is 9.70. The molecule has 0 radical (unpaired) electrons. The number of rotatable bonds is 4. The van der Waals surface area contributed by atoms with Crippen LogP contribution in [0.5, 0.6) is 0 Å². The van der Waals surface area contributed by atoms with Gasteiger partial charge in [0.1, 0.15) is 0 Å². The van der Waals surface area contributed by atoms with Crippen LogP contribution in [0.3, 0.4) is 0 Å². The van der Waals surface area contributed by atoms with Crippen LogP contribution in [0.4, 0.5) is 5.13 Å².